The van der Waals surface area contributed by atoms with Crippen LogP contribution in [0.25, 0.3) is 11.5 Å². The third-order valence-electron chi connectivity index (χ3n) is 4.06. The van der Waals surface area contributed by atoms with E-state index in [1.807, 2.05) is 12.1 Å². The number of pyridine rings is 1. The van der Waals surface area contributed by atoms with Crippen LogP contribution >= 0.6 is 0 Å². The predicted octanol–water partition coefficient (Wildman–Crippen LogP) is 3.94. The van der Waals surface area contributed by atoms with Crippen molar-refractivity contribution in [2.75, 3.05) is 0 Å². The van der Waals surface area contributed by atoms with Gasteiger partial charge in [0, 0.05) is 23.2 Å². The summed E-state index contributed by atoms with van der Waals surface area (Å²) in [5, 5.41) is 4.00. The normalized spacial score (nSPS) is 13.9. The van der Waals surface area contributed by atoms with E-state index >= 15 is 0 Å². The Morgan fingerprint density at radius 3 is 2.67 bits per heavy atom. The lowest BCUT2D eigenvalue weighted by molar-refractivity contribution is 0.292. The molecular weight excluding hydrogens is 305 g/mol. The smallest absolute Gasteiger partial charge is 0.230 e. The topological polar surface area (TPSA) is 51.8 Å². The first kappa shape index (κ1) is 14.6. The average molecular weight is 319 g/mol. The van der Waals surface area contributed by atoms with Crippen LogP contribution in [0.3, 0.4) is 0 Å². The fourth-order valence-corrected chi connectivity index (χ4v) is 2.47. The van der Waals surface area contributed by atoms with Gasteiger partial charge in [-0.2, -0.15) is 4.98 Å². The summed E-state index contributed by atoms with van der Waals surface area (Å²) >= 11 is 0. The Morgan fingerprint density at radius 2 is 1.96 bits per heavy atom. The van der Waals surface area contributed by atoms with Crippen LogP contribution in [0.1, 0.15) is 42.2 Å². The Balaban J connectivity index is 1.51. The van der Waals surface area contributed by atoms with E-state index in [1.54, 1.807) is 18.3 Å². The minimum Gasteiger partial charge on any atom is -0.339 e. The summed E-state index contributed by atoms with van der Waals surface area (Å²) < 4.78 is 18.4. The van der Waals surface area contributed by atoms with Gasteiger partial charge in [-0.25, -0.2) is 4.39 Å². The molecule has 0 spiro atoms. The van der Waals surface area contributed by atoms with Crippen molar-refractivity contribution in [3.05, 3.63) is 65.4 Å². The maximum Gasteiger partial charge on any atom is 0.230 e. The number of aromatic nitrogens is 3. The summed E-state index contributed by atoms with van der Waals surface area (Å²) in [5.41, 5.74) is 2.02. The minimum atomic E-state index is -0.297. The number of halogens is 1. The van der Waals surface area contributed by atoms with Gasteiger partial charge in [-0.1, -0.05) is 29.5 Å². The monoisotopic (exact) mass is 319 g/mol. The molecule has 0 bridgehead atoms. The third kappa shape index (κ3) is 3.04. The predicted molar refractivity (Wildman–Crippen MR) is 86.5 cm³/mol. The largest absolute Gasteiger partial charge is 0.339 e. The van der Waals surface area contributed by atoms with Crippen LogP contribution in [0.4, 0.5) is 4.39 Å². The molecule has 0 atom stereocenters. The molecule has 1 saturated carbocycles. The van der Waals surface area contributed by atoms with Crippen LogP contribution < -0.4 is 0 Å². The molecule has 0 amide bonds. The first-order chi connectivity index (χ1) is 11.8. The van der Waals surface area contributed by atoms with Gasteiger partial charge >= 0.3 is 0 Å². The first-order valence-electron chi connectivity index (χ1n) is 7.85. The molecule has 0 unspecified atom stereocenters. The SMILES string of the molecule is Fc1cccc(C#Cc2ccc(-c3noc(C4CCC4)n3)nc2)c1. The fourth-order valence-electron chi connectivity index (χ4n) is 2.47. The molecule has 1 fully saturated rings. The molecule has 5 heteroatoms. The fraction of sp³-hybridized carbons (Fsp3) is 0.211. The van der Waals surface area contributed by atoms with E-state index in [0.717, 1.165) is 18.4 Å². The van der Waals surface area contributed by atoms with Gasteiger partial charge in [0.1, 0.15) is 11.5 Å². The lowest BCUT2D eigenvalue weighted by Crippen LogP contribution is -2.08. The van der Waals surface area contributed by atoms with Crippen LogP contribution in [0.15, 0.2) is 47.1 Å². The van der Waals surface area contributed by atoms with Crippen molar-refractivity contribution in [1.82, 2.24) is 15.1 Å². The quantitative estimate of drug-likeness (QED) is 0.671. The molecule has 1 aromatic carbocycles. The van der Waals surface area contributed by atoms with Crippen LogP contribution in [0.2, 0.25) is 0 Å². The second-order valence-electron chi connectivity index (χ2n) is 5.78. The number of nitrogens with zero attached hydrogens (tertiary/aromatic N) is 3. The Kier molecular flexibility index (Phi) is 3.80. The summed E-state index contributed by atoms with van der Waals surface area (Å²) in [6.07, 6.45) is 5.10. The van der Waals surface area contributed by atoms with Crippen LogP contribution in [-0.4, -0.2) is 15.1 Å². The van der Waals surface area contributed by atoms with Gasteiger partial charge in [-0.05, 0) is 43.2 Å². The van der Waals surface area contributed by atoms with E-state index in [-0.39, 0.29) is 5.82 Å². The van der Waals surface area contributed by atoms with Crippen molar-refractivity contribution in [2.45, 2.75) is 25.2 Å². The molecule has 2 heterocycles. The third-order valence-corrected chi connectivity index (χ3v) is 4.06. The Morgan fingerprint density at radius 1 is 1.08 bits per heavy atom. The van der Waals surface area contributed by atoms with Gasteiger partial charge in [0.05, 0.1) is 0 Å². The highest BCUT2D eigenvalue weighted by Crippen LogP contribution is 2.35. The van der Waals surface area contributed by atoms with Crippen LogP contribution in [0, 0.1) is 17.7 Å². The molecular formula is C19H14FN3O. The molecule has 1 aliphatic rings. The number of hydrogen-bond donors (Lipinski definition) is 0. The highest BCUT2D eigenvalue weighted by molar-refractivity contribution is 5.51. The molecule has 4 rings (SSSR count). The molecule has 1 aliphatic carbocycles. The standard InChI is InChI=1S/C19H14FN3O/c20-16-6-1-3-13(11-16)7-8-14-9-10-17(21-12-14)18-22-19(24-23-18)15-4-2-5-15/h1,3,6,9-12,15H,2,4-5H2. The molecule has 4 nitrogen and oxygen atoms in total. The van der Waals surface area contributed by atoms with E-state index < -0.39 is 0 Å². The minimum absolute atomic E-state index is 0.297. The Bertz CT molecular complexity index is 918. The van der Waals surface area contributed by atoms with Gasteiger partial charge in [-0.3, -0.25) is 4.98 Å². The average Bonchev–Trinajstić information content (AvgIpc) is 3.01. The molecule has 2 aromatic heterocycles. The number of benzene rings is 1. The van der Waals surface area contributed by atoms with Crippen LogP contribution in [-0.2, 0) is 0 Å². The lowest BCUT2D eigenvalue weighted by atomic mass is 9.85. The van der Waals surface area contributed by atoms with Gasteiger partial charge in [0.2, 0.25) is 11.7 Å². The van der Waals surface area contributed by atoms with Crippen molar-refractivity contribution in [1.29, 1.82) is 0 Å². The Hall–Kier alpha value is -3.00. The van der Waals surface area contributed by atoms with Gasteiger partial charge in [0.15, 0.2) is 0 Å². The summed E-state index contributed by atoms with van der Waals surface area (Å²) in [7, 11) is 0. The van der Waals surface area contributed by atoms with E-state index in [1.165, 1.54) is 18.6 Å². The summed E-state index contributed by atoms with van der Waals surface area (Å²) in [6, 6.07) is 9.84. The summed E-state index contributed by atoms with van der Waals surface area (Å²) in [4.78, 5) is 8.75. The van der Waals surface area contributed by atoms with Crippen molar-refractivity contribution in [2.24, 2.45) is 0 Å². The second kappa shape index (κ2) is 6.25. The highest BCUT2D eigenvalue weighted by atomic mass is 19.1. The summed E-state index contributed by atoms with van der Waals surface area (Å²) in [5.74, 6) is 7.19. The van der Waals surface area contributed by atoms with Gasteiger partial charge in [0.25, 0.3) is 0 Å². The van der Waals surface area contributed by atoms with Crippen molar-refractivity contribution in [3.8, 4) is 23.4 Å². The zero-order chi connectivity index (χ0) is 16.4. The van der Waals surface area contributed by atoms with E-state index in [2.05, 4.69) is 27.0 Å². The highest BCUT2D eigenvalue weighted by Gasteiger charge is 2.25. The Labute approximate surface area is 138 Å². The van der Waals surface area contributed by atoms with E-state index in [0.29, 0.717) is 28.9 Å². The van der Waals surface area contributed by atoms with E-state index in [4.69, 9.17) is 4.52 Å². The van der Waals surface area contributed by atoms with Crippen molar-refractivity contribution < 1.29 is 8.91 Å². The van der Waals surface area contributed by atoms with Crippen molar-refractivity contribution in [3.63, 3.8) is 0 Å². The number of rotatable bonds is 2. The summed E-state index contributed by atoms with van der Waals surface area (Å²) in [6.45, 7) is 0. The maximum absolute atomic E-state index is 13.1. The molecule has 0 aliphatic heterocycles. The van der Waals surface area contributed by atoms with Crippen LogP contribution in [0.5, 0.6) is 0 Å². The second-order valence-corrected chi connectivity index (χ2v) is 5.78. The molecule has 118 valence electrons. The molecule has 24 heavy (non-hydrogen) atoms. The molecule has 0 saturated heterocycles. The lowest BCUT2D eigenvalue weighted by Gasteiger charge is -2.20. The van der Waals surface area contributed by atoms with Gasteiger partial charge in [-0.15, -0.1) is 0 Å². The zero-order valence-electron chi connectivity index (χ0n) is 12.9. The molecule has 0 radical (unpaired) electrons. The van der Waals surface area contributed by atoms with Crippen molar-refractivity contribution >= 4 is 0 Å². The first-order valence-corrected chi connectivity index (χ1v) is 7.85. The molecule has 3 aromatic rings. The molecule has 0 N–H and O–H groups in total. The maximum atomic E-state index is 13.1. The zero-order valence-corrected chi connectivity index (χ0v) is 12.9. The number of hydrogen-bond acceptors (Lipinski definition) is 4. The van der Waals surface area contributed by atoms with Gasteiger partial charge < -0.3 is 4.52 Å². The van der Waals surface area contributed by atoms with E-state index in [9.17, 15) is 4.39 Å².